The van der Waals surface area contributed by atoms with Crippen LogP contribution in [0.25, 0.3) is 5.65 Å². The third-order valence-electron chi connectivity index (χ3n) is 3.67. The highest BCUT2D eigenvalue weighted by Crippen LogP contribution is 2.29. The number of fused-ring (bicyclic) bond motifs is 1. The van der Waals surface area contributed by atoms with E-state index >= 15 is 0 Å². The first-order chi connectivity index (χ1) is 12.4. The Morgan fingerprint density at radius 1 is 1.30 bits per heavy atom. The van der Waals surface area contributed by atoms with Crippen molar-refractivity contribution in [3.8, 4) is 0 Å². The summed E-state index contributed by atoms with van der Waals surface area (Å²) < 4.78 is 44.8. The van der Waals surface area contributed by atoms with Crippen molar-refractivity contribution < 1.29 is 17.7 Å². The molecule has 3 heterocycles. The second kappa shape index (κ2) is 8.54. The third kappa shape index (κ3) is 4.87. The Labute approximate surface area is 169 Å². The molecule has 3 rings (SSSR count). The molecule has 0 amide bonds. The van der Waals surface area contributed by atoms with E-state index in [-0.39, 0.29) is 30.5 Å². The molecule has 0 saturated heterocycles. The van der Waals surface area contributed by atoms with Gasteiger partial charge in [-0.1, -0.05) is 5.16 Å². The van der Waals surface area contributed by atoms with Crippen LogP contribution in [0.3, 0.4) is 0 Å². The SMILES string of the molecule is CN=C(NCc1nnc2ccc(C(F)(F)F)cn12)N(C)Cc1ccon1.I. The molecule has 0 unspecified atom stereocenters. The molecule has 3 aromatic heterocycles. The van der Waals surface area contributed by atoms with Gasteiger partial charge in [-0.3, -0.25) is 9.39 Å². The maximum absolute atomic E-state index is 12.9. The first kappa shape index (κ1) is 20.9. The molecule has 0 aromatic carbocycles. The van der Waals surface area contributed by atoms with Crippen LogP contribution < -0.4 is 5.32 Å². The molecule has 1 N–H and O–H groups in total. The summed E-state index contributed by atoms with van der Waals surface area (Å²) in [7, 11) is 3.40. The molecule has 0 saturated carbocycles. The van der Waals surface area contributed by atoms with Gasteiger partial charge in [0, 0.05) is 26.4 Å². The van der Waals surface area contributed by atoms with Crippen LogP contribution in [0, 0.1) is 0 Å². The number of guanidine groups is 1. The van der Waals surface area contributed by atoms with E-state index in [4.69, 9.17) is 4.52 Å². The first-order valence-electron chi connectivity index (χ1n) is 7.60. The average Bonchev–Trinajstić information content (AvgIpc) is 3.24. The zero-order valence-corrected chi connectivity index (χ0v) is 16.8. The van der Waals surface area contributed by atoms with Gasteiger partial charge in [-0.05, 0) is 12.1 Å². The molecule has 0 radical (unpaired) electrons. The van der Waals surface area contributed by atoms with Gasteiger partial charge in [0.25, 0.3) is 0 Å². The number of hydrogen-bond acceptors (Lipinski definition) is 5. The van der Waals surface area contributed by atoms with Gasteiger partial charge < -0.3 is 14.7 Å². The molecular weight excluding hydrogens is 478 g/mol. The van der Waals surface area contributed by atoms with Crippen molar-refractivity contribution in [3.05, 3.63) is 47.7 Å². The standard InChI is InChI=1S/C15H16F3N7O.HI/c1-19-14(24(2)9-11-5-6-26-23-11)20-7-13-22-21-12-4-3-10(8-25(12)13)15(16,17)18;/h3-6,8H,7,9H2,1-2H3,(H,19,20);1H. The first-order valence-corrected chi connectivity index (χ1v) is 7.60. The lowest BCUT2D eigenvalue weighted by Gasteiger charge is -2.20. The summed E-state index contributed by atoms with van der Waals surface area (Å²) in [5.74, 6) is 0.860. The van der Waals surface area contributed by atoms with Crippen LogP contribution >= 0.6 is 24.0 Å². The number of nitrogens with one attached hydrogen (secondary N) is 1. The number of nitrogens with zero attached hydrogens (tertiary/aromatic N) is 6. The molecule has 0 aliphatic rings. The number of hydrogen-bond donors (Lipinski definition) is 1. The van der Waals surface area contributed by atoms with Crippen LogP contribution in [0.4, 0.5) is 13.2 Å². The summed E-state index contributed by atoms with van der Waals surface area (Å²) >= 11 is 0. The van der Waals surface area contributed by atoms with Crippen LogP contribution in [0.2, 0.25) is 0 Å². The summed E-state index contributed by atoms with van der Waals surface area (Å²) in [5, 5.41) is 14.7. The molecule has 0 atom stereocenters. The molecule has 0 bridgehead atoms. The lowest BCUT2D eigenvalue weighted by atomic mass is 10.3. The zero-order chi connectivity index (χ0) is 18.7. The van der Waals surface area contributed by atoms with Gasteiger partial charge in [-0.25, -0.2) is 0 Å². The monoisotopic (exact) mass is 495 g/mol. The molecule has 12 heteroatoms. The topological polar surface area (TPSA) is 83.9 Å². The number of halogens is 4. The molecule has 0 aliphatic carbocycles. The second-order valence-electron chi connectivity index (χ2n) is 5.51. The lowest BCUT2D eigenvalue weighted by molar-refractivity contribution is -0.137. The third-order valence-corrected chi connectivity index (χ3v) is 3.67. The average molecular weight is 495 g/mol. The molecule has 8 nitrogen and oxygen atoms in total. The summed E-state index contributed by atoms with van der Waals surface area (Å²) in [6.45, 7) is 0.604. The van der Waals surface area contributed by atoms with Crippen LogP contribution in [-0.2, 0) is 19.3 Å². The minimum Gasteiger partial charge on any atom is -0.364 e. The minimum absolute atomic E-state index is 0. The van der Waals surface area contributed by atoms with Gasteiger partial charge in [0.2, 0.25) is 0 Å². The molecule has 0 fully saturated rings. The van der Waals surface area contributed by atoms with Crippen LogP contribution in [0.15, 0.2) is 40.2 Å². The molecule has 0 spiro atoms. The molecule has 3 aromatic rings. The van der Waals surface area contributed by atoms with E-state index in [9.17, 15) is 13.2 Å². The van der Waals surface area contributed by atoms with Crippen molar-refractivity contribution in [2.24, 2.45) is 4.99 Å². The summed E-state index contributed by atoms with van der Waals surface area (Å²) in [4.78, 5) is 5.93. The number of aliphatic imine (C=N–C) groups is 1. The van der Waals surface area contributed by atoms with Gasteiger partial charge in [0.1, 0.15) is 12.0 Å². The van der Waals surface area contributed by atoms with E-state index in [1.807, 2.05) is 0 Å². The summed E-state index contributed by atoms with van der Waals surface area (Å²) in [6, 6.07) is 3.99. The van der Waals surface area contributed by atoms with Gasteiger partial charge in [0.15, 0.2) is 17.4 Å². The smallest absolute Gasteiger partial charge is 0.364 e. The maximum atomic E-state index is 12.9. The fourth-order valence-corrected chi connectivity index (χ4v) is 2.41. The quantitative estimate of drug-likeness (QED) is 0.341. The normalized spacial score (nSPS) is 12.1. The largest absolute Gasteiger partial charge is 0.417 e. The van der Waals surface area contributed by atoms with E-state index in [0.29, 0.717) is 24.0 Å². The Bertz CT molecular complexity index is 908. The van der Waals surface area contributed by atoms with Crippen molar-refractivity contribution in [1.82, 2.24) is 30.0 Å². The maximum Gasteiger partial charge on any atom is 0.417 e. The van der Waals surface area contributed by atoms with Crippen LogP contribution in [0.5, 0.6) is 0 Å². The van der Waals surface area contributed by atoms with Gasteiger partial charge in [0.05, 0.1) is 18.7 Å². The highest BCUT2D eigenvalue weighted by atomic mass is 127. The highest BCUT2D eigenvalue weighted by molar-refractivity contribution is 14.0. The van der Waals surface area contributed by atoms with Crippen molar-refractivity contribution in [2.75, 3.05) is 14.1 Å². The van der Waals surface area contributed by atoms with Gasteiger partial charge >= 0.3 is 6.18 Å². The predicted molar refractivity (Wildman–Crippen MR) is 102 cm³/mol. The second-order valence-corrected chi connectivity index (χ2v) is 5.51. The van der Waals surface area contributed by atoms with Gasteiger partial charge in [-0.2, -0.15) is 13.2 Å². The van der Waals surface area contributed by atoms with Crippen molar-refractivity contribution in [1.29, 1.82) is 0 Å². The molecule has 27 heavy (non-hydrogen) atoms. The van der Waals surface area contributed by atoms with Crippen molar-refractivity contribution in [3.63, 3.8) is 0 Å². The Hall–Kier alpha value is -2.38. The van der Waals surface area contributed by atoms with E-state index in [1.54, 1.807) is 25.1 Å². The van der Waals surface area contributed by atoms with Crippen LogP contribution in [0.1, 0.15) is 17.1 Å². The molecular formula is C15H17F3IN7O. The van der Waals surface area contributed by atoms with Gasteiger partial charge in [-0.15, -0.1) is 34.2 Å². The highest BCUT2D eigenvalue weighted by Gasteiger charge is 2.31. The fourth-order valence-electron chi connectivity index (χ4n) is 2.41. The lowest BCUT2D eigenvalue weighted by Crippen LogP contribution is -2.38. The van der Waals surface area contributed by atoms with Crippen molar-refractivity contribution in [2.45, 2.75) is 19.3 Å². The van der Waals surface area contributed by atoms with E-state index in [2.05, 4.69) is 25.7 Å². The fraction of sp³-hybridized carbons (Fsp3) is 0.333. The van der Waals surface area contributed by atoms with E-state index < -0.39 is 11.7 Å². The number of rotatable bonds is 4. The Morgan fingerprint density at radius 2 is 2.07 bits per heavy atom. The zero-order valence-electron chi connectivity index (χ0n) is 14.4. The Morgan fingerprint density at radius 3 is 2.70 bits per heavy atom. The number of alkyl halides is 3. The summed E-state index contributed by atoms with van der Waals surface area (Å²) in [5.41, 5.74) is 0.289. The number of pyridine rings is 1. The Balaban J connectivity index is 0.00000261. The van der Waals surface area contributed by atoms with E-state index in [0.717, 1.165) is 18.0 Å². The predicted octanol–water partition coefficient (Wildman–Crippen LogP) is 2.56. The molecule has 0 aliphatic heterocycles. The van der Waals surface area contributed by atoms with Crippen molar-refractivity contribution >= 4 is 35.6 Å². The molecule has 146 valence electrons. The van der Waals surface area contributed by atoms with Crippen LogP contribution in [-0.4, -0.2) is 44.7 Å². The number of aromatic nitrogens is 4. The summed E-state index contributed by atoms with van der Waals surface area (Å²) in [6.07, 6.45) is -1.98. The van der Waals surface area contributed by atoms with E-state index in [1.165, 1.54) is 16.7 Å². The minimum atomic E-state index is -4.43. The Kier molecular flexibility index (Phi) is 6.62.